The zero-order valence-electron chi connectivity index (χ0n) is 21.7. The molecule has 1 aliphatic heterocycles. The summed E-state index contributed by atoms with van der Waals surface area (Å²) in [4.78, 5) is 51.7. The number of piperidine rings is 1. The molecule has 0 spiro atoms. The summed E-state index contributed by atoms with van der Waals surface area (Å²) in [5.74, 6) is -0.394. The molecule has 0 saturated carbocycles. The van der Waals surface area contributed by atoms with Gasteiger partial charge in [0.05, 0.1) is 29.8 Å². The van der Waals surface area contributed by atoms with Crippen LogP contribution in [0.4, 0.5) is 0 Å². The number of ether oxygens (including phenoxy) is 1. The van der Waals surface area contributed by atoms with Gasteiger partial charge in [0, 0.05) is 24.9 Å². The molecular weight excluding hydrogens is 516 g/mol. The van der Waals surface area contributed by atoms with Gasteiger partial charge in [-0.1, -0.05) is 35.9 Å². The summed E-state index contributed by atoms with van der Waals surface area (Å²) < 4.78 is 12.2. The molecule has 1 fully saturated rings. The number of aromatic nitrogens is 7. The Hall–Kier alpha value is -5.33. The van der Waals surface area contributed by atoms with Crippen LogP contribution in [0, 0.1) is 6.92 Å². The smallest absolute Gasteiger partial charge is 0.434 e. The first-order valence-electron chi connectivity index (χ1n) is 12.5. The van der Waals surface area contributed by atoms with Crippen molar-refractivity contribution in [2.24, 2.45) is 0 Å². The average molecular weight is 541 g/mol. The highest BCUT2D eigenvalue weighted by Crippen LogP contribution is 2.33. The van der Waals surface area contributed by atoms with Crippen LogP contribution in [0.3, 0.4) is 0 Å². The number of ketones is 1. The molecule has 0 aliphatic carbocycles. The van der Waals surface area contributed by atoms with Crippen molar-refractivity contribution in [1.29, 1.82) is 0 Å². The van der Waals surface area contributed by atoms with Gasteiger partial charge in [-0.2, -0.15) is 5.10 Å². The van der Waals surface area contributed by atoms with Gasteiger partial charge in [-0.05, 0) is 25.3 Å². The molecule has 4 aromatic heterocycles. The molecule has 1 aliphatic rings. The van der Waals surface area contributed by atoms with Crippen molar-refractivity contribution in [2.45, 2.75) is 19.8 Å². The number of fused-ring (bicyclic) bond motifs is 1. The number of hydrogen-bond acceptors (Lipinski definition) is 9. The molecule has 1 aromatic carbocycles. The number of rotatable bonds is 6. The molecule has 0 atom stereocenters. The minimum Gasteiger partial charge on any atom is -0.494 e. The molecule has 0 radical (unpaired) electrons. The quantitative estimate of drug-likeness (QED) is 0.243. The van der Waals surface area contributed by atoms with Crippen LogP contribution in [0.25, 0.3) is 22.3 Å². The molecular formula is C27H24N8O5. The second-order valence-corrected chi connectivity index (χ2v) is 9.22. The number of H-pyrrole nitrogens is 2. The number of aromatic amines is 2. The van der Waals surface area contributed by atoms with Gasteiger partial charge in [-0.25, -0.2) is 24.5 Å². The Morgan fingerprint density at radius 1 is 1.10 bits per heavy atom. The SMILES string of the molecule is COc1cnc(-n2cnc(C)n2)c2[nH]cc(C(=O)C(=O)N3CCC(=C(c4ccccc4)c4n[nH]c(=O)o4)CC3)c12. The lowest BCUT2D eigenvalue weighted by molar-refractivity contribution is -0.126. The summed E-state index contributed by atoms with van der Waals surface area (Å²) in [6.07, 6.45) is 5.46. The van der Waals surface area contributed by atoms with Crippen molar-refractivity contribution in [1.82, 2.24) is 39.8 Å². The van der Waals surface area contributed by atoms with Gasteiger partial charge in [-0.3, -0.25) is 9.59 Å². The first-order chi connectivity index (χ1) is 19.4. The third-order valence-corrected chi connectivity index (χ3v) is 6.86. The molecule has 0 bridgehead atoms. The molecule has 202 valence electrons. The maximum absolute atomic E-state index is 13.5. The fraction of sp³-hybridized carbons (Fsp3) is 0.222. The third kappa shape index (κ3) is 4.36. The standard InChI is InChI=1S/C27H24N8O5/c1-15-30-14-35(33-15)24-22-21(19(39-2)13-29-24)18(12-28-22)23(36)26(37)34-10-8-17(9-11-34)20(16-6-4-3-5-7-16)25-31-32-27(38)40-25/h3-7,12-14,28H,8-11H2,1-2H3,(H,32,38). The minimum absolute atomic E-state index is 0.182. The number of aryl methyl sites for hydroxylation is 1. The van der Waals surface area contributed by atoms with E-state index in [2.05, 4.69) is 30.2 Å². The number of carbonyl (C=O) groups is 2. The Balaban J connectivity index is 1.28. The number of benzene rings is 1. The number of methoxy groups -OCH3 is 1. The van der Waals surface area contributed by atoms with Crippen molar-refractivity contribution >= 4 is 28.2 Å². The van der Waals surface area contributed by atoms with Gasteiger partial charge in [-0.15, -0.1) is 5.10 Å². The van der Waals surface area contributed by atoms with E-state index in [0.717, 1.165) is 11.1 Å². The van der Waals surface area contributed by atoms with Crippen LogP contribution in [-0.2, 0) is 4.79 Å². The first-order valence-corrected chi connectivity index (χ1v) is 12.5. The van der Waals surface area contributed by atoms with E-state index in [1.54, 1.807) is 6.92 Å². The second-order valence-electron chi connectivity index (χ2n) is 9.22. The van der Waals surface area contributed by atoms with Crippen molar-refractivity contribution in [2.75, 3.05) is 20.2 Å². The van der Waals surface area contributed by atoms with Gasteiger partial charge in [0.1, 0.15) is 17.9 Å². The molecule has 0 unspecified atom stereocenters. The lowest BCUT2D eigenvalue weighted by Crippen LogP contribution is -2.40. The molecule has 1 amide bonds. The van der Waals surface area contributed by atoms with E-state index >= 15 is 0 Å². The van der Waals surface area contributed by atoms with Crippen molar-refractivity contribution < 1.29 is 18.7 Å². The highest BCUT2D eigenvalue weighted by atomic mass is 16.5. The summed E-state index contributed by atoms with van der Waals surface area (Å²) in [7, 11) is 1.48. The van der Waals surface area contributed by atoms with E-state index in [1.807, 2.05) is 30.3 Å². The summed E-state index contributed by atoms with van der Waals surface area (Å²) in [6, 6.07) is 9.49. The number of carbonyl (C=O) groups excluding carboxylic acids is 2. The van der Waals surface area contributed by atoms with Gasteiger partial charge in [0.25, 0.3) is 11.7 Å². The number of likely N-dealkylation sites (tertiary alicyclic amines) is 1. The number of nitrogens with zero attached hydrogens (tertiary/aromatic N) is 6. The largest absolute Gasteiger partial charge is 0.494 e. The van der Waals surface area contributed by atoms with Crippen molar-refractivity contribution in [3.8, 4) is 11.6 Å². The maximum atomic E-state index is 13.5. The number of pyridine rings is 1. The van der Waals surface area contributed by atoms with Crippen LogP contribution in [0.1, 0.15) is 40.5 Å². The molecule has 5 aromatic rings. The fourth-order valence-corrected chi connectivity index (χ4v) is 4.97. The molecule has 1 saturated heterocycles. The van der Waals surface area contributed by atoms with E-state index < -0.39 is 17.4 Å². The van der Waals surface area contributed by atoms with Crippen LogP contribution < -0.4 is 10.5 Å². The summed E-state index contributed by atoms with van der Waals surface area (Å²) >= 11 is 0. The van der Waals surface area contributed by atoms with E-state index in [4.69, 9.17) is 9.15 Å². The Morgan fingerprint density at radius 3 is 2.52 bits per heavy atom. The molecule has 2 N–H and O–H groups in total. The van der Waals surface area contributed by atoms with E-state index in [1.165, 1.54) is 35.4 Å². The highest BCUT2D eigenvalue weighted by molar-refractivity contribution is 6.45. The molecule has 40 heavy (non-hydrogen) atoms. The van der Waals surface area contributed by atoms with E-state index in [-0.39, 0.29) is 11.5 Å². The van der Waals surface area contributed by atoms with Crippen LogP contribution in [-0.4, -0.2) is 71.7 Å². The molecule has 13 nitrogen and oxygen atoms in total. The predicted octanol–water partition coefficient (Wildman–Crippen LogP) is 2.44. The lowest BCUT2D eigenvalue weighted by Gasteiger charge is -2.29. The first kappa shape index (κ1) is 25.0. The predicted molar refractivity (Wildman–Crippen MR) is 142 cm³/mol. The molecule has 13 heteroatoms. The zero-order chi connectivity index (χ0) is 27.8. The number of nitrogens with one attached hydrogen (secondary N) is 2. The molecule has 5 heterocycles. The maximum Gasteiger partial charge on any atom is 0.434 e. The van der Waals surface area contributed by atoms with Crippen LogP contribution >= 0.6 is 0 Å². The van der Waals surface area contributed by atoms with Gasteiger partial charge in [0.2, 0.25) is 5.89 Å². The Bertz CT molecular complexity index is 1820. The van der Waals surface area contributed by atoms with Crippen LogP contribution in [0.2, 0.25) is 0 Å². The highest BCUT2D eigenvalue weighted by Gasteiger charge is 2.31. The zero-order valence-corrected chi connectivity index (χ0v) is 21.7. The van der Waals surface area contributed by atoms with Crippen molar-refractivity contribution in [3.63, 3.8) is 0 Å². The van der Waals surface area contributed by atoms with Crippen LogP contribution in [0.15, 0.2) is 63.8 Å². The average Bonchev–Trinajstić information content (AvgIpc) is 3.73. The van der Waals surface area contributed by atoms with E-state index in [0.29, 0.717) is 59.8 Å². The second kappa shape index (κ2) is 10.1. The van der Waals surface area contributed by atoms with E-state index in [9.17, 15) is 14.4 Å². The lowest BCUT2D eigenvalue weighted by atomic mass is 9.92. The minimum atomic E-state index is -0.662. The normalized spacial score (nSPS) is 13.6. The Morgan fingerprint density at radius 2 is 1.88 bits per heavy atom. The van der Waals surface area contributed by atoms with Crippen molar-refractivity contribution in [3.05, 3.63) is 88.0 Å². The monoisotopic (exact) mass is 540 g/mol. The fourth-order valence-electron chi connectivity index (χ4n) is 4.97. The van der Waals surface area contributed by atoms with Gasteiger partial charge in [0.15, 0.2) is 5.82 Å². The topological polar surface area (TPSA) is 165 Å². The summed E-state index contributed by atoms with van der Waals surface area (Å²) in [5, 5.41) is 11.1. The third-order valence-electron chi connectivity index (χ3n) is 6.86. The molecule has 6 rings (SSSR count). The van der Waals surface area contributed by atoms with Crippen LogP contribution in [0.5, 0.6) is 5.75 Å². The van der Waals surface area contributed by atoms with Gasteiger partial charge < -0.3 is 19.0 Å². The number of hydrogen-bond donors (Lipinski definition) is 2. The summed E-state index contributed by atoms with van der Waals surface area (Å²) in [6.45, 7) is 2.39. The van der Waals surface area contributed by atoms with Gasteiger partial charge >= 0.3 is 5.76 Å². The summed E-state index contributed by atoms with van der Waals surface area (Å²) in [5.41, 5.74) is 3.22. The Kier molecular flexibility index (Phi) is 6.30. The Labute approximate surface area is 226 Å². The number of Topliss-reactive ketones (excluding diaryl/α,β-unsaturated/α-hetero) is 1. The number of amides is 1.